The van der Waals surface area contributed by atoms with E-state index in [0.717, 1.165) is 0 Å². The Kier molecular flexibility index (Phi) is 7.68. The van der Waals surface area contributed by atoms with E-state index >= 15 is 0 Å². The fourth-order valence-electron chi connectivity index (χ4n) is 0.667. The number of rotatable bonds is 7. The molecule has 0 bridgehead atoms. The second-order valence-electron chi connectivity index (χ2n) is 2.46. The first-order chi connectivity index (χ1) is 6.16. The van der Waals surface area contributed by atoms with Gasteiger partial charge < -0.3 is 15.4 Å². The SMILES string of the molecule is C=C(Cl)CNCC(=O)NCCOC. The monoisotopic (exact) mass is 206 g/mol. The Morgan fingerprint density at radius 1 is 1.54 bits per heavy atom. The number of carbonyl (C=O) groups excluding carboxylic acids is 1. The van der Waals surface area contributed by atoms with E-state index in [9.17, 15) is 4.79 Å². The van der Waals surface area contributed by atoms with Crippen LogP contribution in [0.5, 0.6) is 0 Å². The van der Waals surface area contributed by atoms with Crippen molar-refractivity contribution in [3.8, 4) is 0 Å². The summed E-state index contributed by atoms with van der Waals surface area (Å²) < 4.78 is 4.76. The van der Waals surface area contributed by atoms with Crippen LogP contribution in [0.2, 0.25) is 0 Å². The maximum Gasteiger partial charge on any atom is 0.234 e. The minimum absolute atomic E-state index is 0.0741. The minimum atomic E-state index is -0.0741. The Morgan fingerprint density at radius 3 is 2.77 bits per heavy atom. The molecule has 0 fully saturated rings. The van der Waals surface area contributed by atoms with Gasteiger partial charge in [-0.2, -0.15) is 0 Å². The molecule has 0 aromatic rings. The molecule has 5 heteroatoms. The highest BCUT2D eigenvalue weighted by atomic mass is 35.5. The highest BCUT2D eigenvalue weighted by Crippen LogP contribution is 1.90. The summed E-state index contributed by atoms with van der Waals surface area (Å²) in [6.45, 7) is 5.22. The summed E-state index contributed by atoms with van der Waals surface area (Å²) in [5.74, 6) is -0.0741. The fraction of sp³-hybridized carbons (Fsp3) is 0.625. The van der Waals surface area contributed by atoms with Crippen LogP contribution in [0.15, 0.2) is 11.6 Å². The number of hydrogen-bond acceptors (Lipinski definition) is 3. The van der Waals surface area contributed by atoms with Crippen molar-refractivity contribution in [2.45, 2.75) is 0 Å². The third-order valence-corrected chi connectivity index (χ3v) is 1.36. The van der Waals surface area contributed by atoms with Gasteiger partial charge in [-0.15, -0.1) is 0 Å². The van der Waals surface area contributed by atoms with Crippen LogP contribution in [-0.2, 0) is 9.53 Å². The van der Waals surface area contributed by atoms with Crippen LogP contribution in [0.3, 0.4) is 0 Å². The van der Waals surface area contributed by atoms with E-state index in [0.29, 0.717) is 24.7 Å². The molecule has 0 unspecified atom stereocenters. The zero-order valence-electron chi connectivity index (χ0n) is 7.73. The van der Waals surface area contributed by atoms with E-state index in [2.05, 4.69) is 17.2 Å². The lowest BCUT2D eigenvalue weighted by atomic mass is 10.5. The number of ether oxygens (including phenoxy) is 1. The van der Waals surface area contributed by atoms with Gasteiger partial charge in [0.25, 0.3) is 0 Å². The Labute approximate surface area is 83.3 Å². The summed E-state index contributed by atoms with van der Waals surface area (Å²) in [6, 6.07) is 0. The zero-order valence-corrected chi connectivity index (χ0v) is 8.49. The highest BCUT2D eigenvalue weighted by Gasteiger charge is 1.98. The topological polar surface area (TPSA) is 50.4 Å². The van der Waals surface area contributed by atoms with Crippen LogP contribution in [0.25, 0.3) is 0 Å². The number of halogens is 1. The minimum Gasteiger partial charge on any atom is -0.383 e. The molecule has 0 aliphatic carbocycles. The van der Waals surface area contributed by atoms with Gasteiger partial charge in [-0.3, -0.25) is 4.79 Å². The molecular weight excluding hydrogens is 192 g/mol. The third-order valence-electron chi connectivity index (χ3n) is 1.23. The summed E-state index contributed by atoms with van der Waals surface area (Å²) in [7, 11) is 1.59. The van der Waals surface area contributed by atoms with E-state index in [4.69, 9.17) is 16.3 Å². The standard InChI is InChI=1S/C8H15ClN2O2/c1-7(9)5-10-6-8(12)11-3-4-13-2/h10H,1,3-6H2,2H3,(H,11,12). The normalized spacial score (nSPS) is 9.69. The predicted octanol–water partition coefficient (Wildman–Crippen LogP) is 0.0911. The molecule has 0 aromatic heterocycles. The first kappa shape index (κ1) is 12.4. The molecule has 0 heterocycles. The Morgan fingerprint density at radius 2 is 2.23 bits per heavy atom. The van der Waals surface area contributed by atoms with Crippen molar-refractivity contribution < 1.29 is 9.53 Å². The molecule has 0 aromatic carbocycles. The van der Waals surface area contributed by atoms with Crippen molar-refractivity contribution in [3.05, 3.63) is 11.6 Å². The summed E-state index contributed by atoms with van der Waals surface area (Å²) in [4.78, 5) is 11.0. The summed E-state index contributed by atoms with van der Waals surface area (Å²) in [5, 5.41) is 5.98. The summed E-state index contributed by atoms with van der Waals surface area (Å²) >= 11 is 5.48. The Hall–Kier alpha value is -0.580. The van der Waals surface area contributed by atoms with E-state index in [1.807, 2.05) is 0 Å². The number of nitrogens with one attached hydrogen (secondary N) is 2. The largest absolute Gasteiger partial charge is 0.383 e. The molecule has 0 saturated heterocycles. The van der Waals surface area contributed by atoms with Crippen LogP contribution in [0.4, 0.5) is 0 Å². The third kappa shape index (κ3) is 9.33. The first-order valence-electron chi connectivity index (χ1n) is 3.96. The predicted molar refractivity (Wildman–Crippen MR) is 52.7 cm³/mol. The van der Waals surface area contributed by atoms with Crippen LogP contribution < -0.4 is 10.6 Å². The summed E-state index contributed by atoms with van der Waals surface area (Å²) in [6.07, 6.45) is 0. The average molecular weight is 207 g/mol. The molecule has 0 saturated carbocycles. The maximum atomic E-state index is 11.0. The van der Waals surface area contributed by atoms with Crippen molar-refractivity contribution in [1.82, 2.24) is 10.6 Å². The van der Waals surface area contributed by atoms with Crippen molar-refractivity contribution in [2.75, 3.05) is 33.4 Å². The lowest BCUT2D eigenvalue weighted by molar-refractivity contribution is -0.120. The van der Waals surface area contributed by atoms with Gasteiger partial charge >= 0.3 is 0 Å². The molecular formula is C8H15ClN2O2. The van der Waals surface area contributed by atoms with E-state index in [1.54, 1.807) is 7.11 Å². The molecule has 2 N–H and O–H groups in total. The van der Waals surface area contributed by atoms with Gasteiger partial charge in [0.15, 0.2) is 0 Å². The van der Waals surface area contributed by atoms with Crippen LogP contribution in [0.1, 0.15) is 0 Å². The summed E-state index contributed by atoms with van der Waals surface area (Å²) in [5.41, 5.74) is 0. The number of amides is 1. The van der Waals surface area contributed by atoms with Gasteiger partial charge in [0.2, 0.25) is 5.91 Å². The molecule has 13 heavy (non-hydrogen) atoms. The molecule has 0 aliphatic heterocycles. The van der Waals surface area contributed by atoms with Crippen molar-refractivity contribution in [2.24, 2.45) is 0 Å². The Balaban J connectivity index is 3.25. The van der Waals surface area contributed by atoms with E-state index in [1.165, 1.54) is 0 Å². The zero-order chi connectivity index (χ0) is 10.1. The molecule has 4 nitrogen and oxygen atoms in total. The van der Waals surface area contributed by atoms with Gasteiger partial charge in [-0.05, 0) is 0 Å². The second-order valence-corrected chi connectivity index (χ2v) is 3.00. The van der Waals surface area contributed by atoms with Gasteiger partial charge in [0.05, 0.1) is 13.2 Å². The molecule has 1 amide bonds. The number of hydrogen-bond donors (Lipinski definition) is 2. The van der Waals surface area contributed by atoms with Gasteiger partial charge in [0.1, 0.15) is 0 Å². The van der Waals surface area contributed by atoms with Gasteiger partial charge in [-0.25, -0.2) is 0 Å². The lowest BCUT2D eigenvalue weighted by Crippen LogP contribution is -2.35. The molecule has 0 aliphatic rings. The molecule has 76 valence electrons. The average Bonchev–Trinajstić information content (AvgIpc) is 2.04. The first-order valence-corrected chi connectivity index (χ1v) is 4.34. The highest BCUT2D eigenvalue weighted by molar-refractivity contribution is 6.29. The van der Waals surface area contributed by atoms with E-state index in [-0.39, 0.29) is 12.5 Å². The van der Waals surface area contributed by atoms with Gasteiger partial charge in [-0.1, -0.05) is 18.2 Å². The fourth-order valence-corrected chi connectivity index (χ4v) is 0.761. The molecule has 0 radical (unpaired) electrons. The maximum absolute atomic E-state index is 11.0. The number of carbonyl (C=O) groups is 1. The molecule has 0 rings (SSSR count). The van der Waals surface area contributed by atoms with Gasteiger partial charge in [0, 0.05) is 25.2 Å². The molecule has 0 spiro atoms. The second kappa shape index (κ2) is 8.04. The Bertz CT molecular complexity index is 174. The smallest absolute Gasteiger partial charge is 0.234 e. The van der Waals surface area contributed by atoms with Crippen molar-refractivity contribution in [3.63, 3.8) is 0 Å². The van der Waals surface area contributed by atoms with Crippen molar-refractivity contribution in [1.29, 1.82) is 0 Å². The van der Waals surface area contributed by atoms with Crippen molar-refractivity contribution >= 4 is 17.5 Å². The van der Waals surface area contributed by atoms with Crippen LogP contribution >= 0.6 is 11.6 Å². The lowest BCUT2D eigenvalue weighted by Gasteiger charge is -2.04. The number of methoxy groups -OCH3 is 1. The quantitative estimate of drug-likeness (QED) is 0.581. The molecule has 0 atom stereocenters. The van der Waals surface area contributed by atoms with E-state index < -0.39 is 0 Å². The van der Waals surface area contributed by atoms with Crippen LogP contribution in [-0.4, -0.2) is 39.3 Å². The van der Waals surface area contributed by atoms with Crippen LogP contribution in [0, 0.1) is 0 Å².